The molecule has 0 saturated heterocycles. The number of hydrogen-bond acceptors (Lipinski definition) is 5. The van der Waals surface area contributed by atoms with Gasteiger partial charge in [0.1, 0.15) is 6.17 Å². The second kappa shape index (κ2) is 6.32. The second-order valence-corrected chi connectivity index (χ2v) is 6.47. The monoisotopic (exact) mass is 359 g/mol. The van der Waals surface area contributed by atoms with Gasteiger partial charge >= 0.3 is 0 Å². The largest absolute Gasteiger partial charge is 0.454 e. The molecule has 27 heavy (non-hydrogen) atoms. The van der Waals surface area contributed by atoms with Gasteiger partial charge in [-0.15, -0.1) is 0 Å². The lowest BCUT2D eigenvalue weighted by Crippen LogP contribution is -2.42. The Labute approximate surface area is 156 Å². The molecule has 0 spiro atoms. The van der Waals surface area contributed by atoms with E-state index >= 15 is 0 Å². The van der Waals surface area contributed by atoms with Crippen LogP contribution in [0.2, 0.25) is 0 Å². The van der Waals surface area contributed by atoms with E-state index in [1.165, 1.54) is 0 Å². The van der Waals surface area contributed by atoms with Gasteiger partial charge in [0.05, 0.1) is 11.3 Å². The first kappa shape index (κ1) is 15.7. The Morgan fingerprint density at radius 1 is 1.04 bits per heavy atom. The van der Waals surface area contributed by atoms with Gasteiger partial charge in [0.25, 0.3) is 5.91 Å². The van der Waals surface area contributed by atoms with Gasteiger partial charge in [-0.25, -0.2) is 0 Å². The molecule has 1 amide bonds. The zero-order valence-electron chi connectivity index (χ0n) is 14.5. The van der Waals surface area contributed by atoms with Crippen molar-refractivity contribution in [2.45, 2.75) is 12.7 Å². The number of pyridine rings is 1. The minimum Gasteiger partial charge on any atom is -0.454 e. The average molecular weight is 359 g/mol. The molecule has 6 nitrogen and oxygen atoms in total. The summed E-state index contributed by atoms with van der Waals surface area (Å²) in [6.45, 7) is 0.658. The lowest BCUT2D eigenvalue weighted by atomic mass is 10.0. The Bertz CT molecular complexity index is 1010. The number of benzene rings is 2. The number of ether oxygens (including phenoxy) is 2. The van der Waals surface area contributed by atoms with E-state index in [1.807, 2.05) is 60.7 Å². The SMILES string of the molecule is O=C1c2ccccc2NC(c2ccccn2)N1Cc1ccc2c(c1)OCO2. The summed E-state index contributed by atoms with van der Waals surface area (Å²) in [6.07, 6.45) is 1.39. The second-order valence-electron chi connectivity index (χ2n) is 6.47. The molecule has 0 radical (unpaired) electrons. The van der Waals surface area contributed by atoms with E-state index in [-0.39, 0.29) is 18.9 Å². The fourth-order valence-electron chi connectivity index (χ4n) is 3.46. The van der Waals surface area contributed by atoms with Gasteiger partial charge in [-0.3, -0.25) is 9.78 Å². The molecule has 0 bridgehead atoms. The Balaban J connectivity index is 1.53. The van der Waals surface area contributed by atoms with Crippen molar-refractivity contribution >= 4 is 11.6 Å². The first-order valence-corrected chi connectivity index (χ1v) is 8.75. The highest BCUT2D eigenvalue weighted by Gasteiger charge is 2.33. The molecule has 1 atom stereocenters. The number of fused-ring (bicyclic) bond motifs is 2. The molecule has 5 rings (SSSR count). The molecule has 2 aliphatic heterocycles. The van der Waals surface area contributed by atoms with E-state index < -0.39 is 0 Å². The maximum absolute atomic E-state index is 13.2. The molecule has 1 N–H and O–H groups in total. The van der Waals surface area contributed by atoms with Crippen LogP contribution in [0.5, 0.6) is 11.5 Å². The molecule has 6 heteroatoms. The third-order valence-electron chi connectivity index (χ3n) is 4.78. The fraction of sp³-hybridized carbons (Fsp3) is 0.143. The summed E-state index contributed by atoms with van der Waals surface area (Å²) in [6, 6.07) is 19.0. The number of nitrogens with zero attached hydrogens (tertiary/aromatic N) is 2. The van der Waals surface area contributed by atoms with Gasteiger partial charge in [-0.1, -0.05) is 24.3 Å². The molecular weight excluding hydrogens is 342 g/mol. The zero-order chi connectivity index (χ0) is 18.2. The lowest BCUT2D eigenvalue weighted by molar-refractivity contribution is 0.0662. The Morgan fingerprint density at radius 2 is 1.89 bits per heavy atom. The zero-order valence-corrected chi connectivity index (χ0v) is 14.5. The summed E-state index contributed by atoms with van der Waals surface area (Å²) in [5, 5.41) is 3.45. The predicted molar refractivity (Wildman–Crippen MR) is 99.5 cm³/mol. The van der Waals surface area contributed by atoms with Crippen LogP contribution in [0.15, 0.2) is 66.9 Å². The van der Waals surface area contributed by atoms with E-state index in [9.17, 15) is 4.79 Å². The quantitative estimate of drug-likeness (QED) is 0.774. The van der Waals surface area contributed by atoms with Gasteiger partial charge in [-0.05, 0) is 42.0 Å². The van der Waals surface area contributed by atoms with Crippen LogP contribution in [0.3, 0.4) is 0 Å². The van der Waals surface area contributed by atoms with Gasteiger partial charge in [-0.2, -0.15) is 0 Å². The number of anilines is 1. The molecule has 0 saturated carbocycles. The molecule has 1 unspecified atom stereocenters. The third-order valence-corrected chi connectivity index (χ3v) is 4.78. The van der Waals surface area contributed by atoms with Crippen LogP contribution in [0.4, 0.5) is 5.69 Å². The topological polar surface area (TPSA) is 63.7 Å². The highest BCUT2D eigenvalue weighted by molar-refractivity contribution is 6.01. The van der Waals surface area contributed by atoms with E-state index in [1.54, 1.807) is 11.1 Å². The smallest absolute Gasteiger partial charge is 0.258 e. The average Bonchev–Trinajstić information content (AvgIpc) is 3.18. The van der Waals surface area contributed by atoms with Crippen LogP contribution in [0.25, 0.3) is 0 Å². The first-order valence-electron chi connectivity index (χ1n) is 8.75. The summed E-state index contributed by atoms with van der Waals surface area (Å²) >= 11 is 0. The van der Waals surface area contributed by atoms with Crippen LogP contribution in [0, 0.1) is 0 Å². The lowest BCUT2D eigenvalue weighted by Gasteiger charge is -2.37. The van der Waals surface area contributed by atoms with Gasteiger partial charge in [0.15, 0.2) is 11.5 Å². The van der Waals surface area contributed by atoms with Crippen molar-refractivity contribution in [3.63, 3.8) is 0 Å². The number of carbonyl (C=O) groups excluding carboxylic acids is 1. The normalized spacial score (nSPS) is 17.4. The van der Waals surface area contributed by atoms with Crippen molar-refractivity contribution in [3.8, 4) is 11.5 Å². The minimum absolute atomic E-state index is 0.0299. The summed E-state index contributed by atoms with van der Waals surface area (Å²) in [5.41, 5.74) is 3.24. The Morgan fingerprint density at radius 3 is 2.78 bits per heavy atom. The van der Waals surface area contributed by atoms with Crippen molar-refractivity contribution < 1.29 is 14.3 Å². The molecule has 2 aliphatic rings. The van der Waals surface area contributed by atoms with Crippen molar-refractivity contribution in [1.82, 2.24) is 9.88 Å². The number of aromatic nitrogens is 1. The van der Waals surface area contributed by atoms with E-state index in [2.05, 4.69) is 10.3 Å². The predicted octanol–water partition coefficient (Wildman–Crippen LogP) is 3.58. The van der Waals surface area contributed by atoms with E-state index in [0.29, 0.717) is 17.9 Å². The van der Waals surface area contributed by atoms with E-state index in [0.717, 1.165) is 22.7 Å². The van der Waals surface area contributed by atoms with Gasteiger partial charge in [0, 0.05) is 18.4 Å². The molecule has 2 aromatic carbocycles. The number of carbonyl (C=O) groups is 1. The molecule has 3 heterocycles. The van der Waals surface area contributed by atoms with Crippen LogP contribution in [-0.2, 0) is 6.54 Å². The van der Waals surface area contributed by atoms with E-state index in [4.69, 9.17) is 9.47 Å². The molecule has 0 fully saturated rings. The summed E-state index contributed by atoms with van der Waals surface area (Å²) in [7, 11) is 0. The fourth-order valence-corrected chi connectivity index (χ4v) is 3.46. The summed E-state index contributed by atoms with van der Waals surface area (Å²) in [4.78, 5) is 19.5. The van der Waals surface area contributed by atoms with Crippen LogP contribution < -0.4 is 14.8 Å². The number of para-hydroxylation sites is 1. The van der Waals surface area contributed by atoms with Crippen molar-refractivity contribution in [2.75, 3.05) is 12.1 Å². The number of rotatable bonds is 3. The summed E-state index contributed by atoms with van der Waals surface area (Å²) < 4.78 is 10.8. The van der Waals surface area contributed by atoms with Crippen molar-refractivity contribution in [3.05, 3.63) is 83.7 Å². The van der Waals surface area contributed by atoms with Crippen molar-refractivity contribution in [1.29, 1.82) is 0 Å². The summed E-state index contributed by atoms with van der Waals surface area (Å²) in [5.74, 6) is 1.41. The Kier molecular flexibility index (Phi) is 3.67. The van der Waals surface area contributed by atoms with Gasteiger partial charge < -0.3 is 19.7 Å². The number of nitrogens with one attached hydrogen (secondary N) is 1. The molecular formula is C21H17N3O3. The standard InChI is InChI=1S/C21H17N3O3/c25-21-15-5-1-2-6-16(15)23-20(17-7-3-4-10-22-17)24(21)12-14-8-9-18-19(11-14)27-13-26-18/h1-11,20,23H,12-13H2. The highest BCUT2D eigenvalue weighted by atomic mass is 16.7. The van der Waals surface area contributed by atoms with Crippen LogP contribution in [-0.4, -0.2) is 22.6 Å². The maximum atomic E-state index is 13.2. The van der Waals surface area contributed by atoms with Gasteiger partial charge in [0.2, 0.25) is 6.79 Å². The van der Waals surface area contributed by atoms with Crippen LogP contribution in [0.1, 0.15) is 27.8 Å². The Hall–Kier alpha value is -3.54. The molecule has 0 aliphatic carbocycles. The molecule has 3 aromatic rings. The number of hydrogen-bond donors (Lipinski definition) is 1. The first-order chi connectivity index (χ1) is 13.3. The molecule has 134 valence electrons. The minimum atomic E-state index is -0.348. The highest BCUT2D eigenvalue weighted by Crippen LogP contribution is 2.36. The number of amides is 1. The third kappa shape index (κ3) is 2.75. The van der Waals surface area contributed by atoms with Crippen LogP contribution >= 0.6 is 0 Å². The molecule has 1 aromatic heterocycles. The maximum Gasteiger partial charge on any atom is 0.258 e. The van der Waals surface area contributed by atoms with Crippen molar-refractivity contribution in [2.24, 2.45) is 0 Å².